The van der Waals surface area contributed by atoms with Gasteiger partial charge < -0.3 is 4.90 Å². The van der Waals surface area contributed by atoms with Crippen LogP contribution in [-0.2, 0) is 4.79 Å². The van der Waals surface area contributed by atoms with Crippen LogP contribution in [0.15, 0.2) is 30.3 Å². The van der Waals surface area contributed by atoms with Gasteiger partial charge in [-0.25, -0.2) is 0 Å². The van der Waals surface area contributed by atoms with Crippen molar-refractivity contribution in [2.75, 3.05) is 25.0 Å². The van der Waals surface area contributed by atoms with Crippen LogP contribution in [0.4, 0.5) is 5.69 Å². The third-order valence-corrected chi connectivity index (χ3v) is 12.4. The van der Waals surface area contributed by atoms with Crippen molar-refractivity contribution in [3.8, 4) is 0 Å². The standard InChI is InChI=1S/C50H92N2O/c1-3-4-5-6-7-8-9-10-11-12-13-14-15-16-17-18-19-20-21-22-23-24-25-26-27-28-29-30-31-32-33-34-35-36-37-38-42-46-51(2)49-45-47-52(50(49)53)48-43-40-39-41-44-48/h39-41,43-44,49H,3-38,42,45-47H2,1-2H3. The number of hydrogen-bond donors (Lipinski definition) is 0. The van der Waals surface area contributed by atoms with Crippen molar-refractivity contribution in [1.29, 1.82) is 0 Å². The van der Waals surface area contributed by atoms with E-state index in [0.717, 1.165) is 25.2 Å². The second kappa shape index (κ2) is 36.3. The molecule has 1 amide bonds. The molecule has 2 rings (SSSR count). The number of para-hydroxylation sites is 1. The number of nitrogens with zero attached hydrogens (tertiary/aromatic N) is 2. The number of carbonyl (C=O) groups is 1. The highest BCUT2D eigenvalue weighted by atomic mass is 16.2. The van der Waals surface area contributed by atoms with Crippen LogP contribution in [0, 0.1) is 0 Å². The highest BCUT2D eigenvalue weighted by Crippen LogP contribution is 2.24. The zero-order chi connectivity index (χ0) is 37.7. The first kappa shape index (κ1) is 47.8. The van der Waals surface area contributed by atoms with Gasteiger partial charge in [0.2, 0.25) is 5.91 Å². The van der Waals surface area contributed by atoms with Gasteiger partial charge in [-0.2, -0.15) is 0 Å². The molecule has 1 fully saturated rings. The Hall–Kier alpha value is -1.35. The third kappa shape index (κ3) is 27.0. The number of unbranched alkanes of at least 4 members (excludes halogenated alkanes) is 36. The molecule has 1 aromatic rings. The molecule has 0 radical (unpaired) electrons. The lowest BCUT2D eigenvalue weighted by atomic mass is 10.0. The monoisotopic (exact) mass is 737 g/mol. The summed E-state index contributed by atoms with van der Waals surface area (Å²) in [6.45, 7) is 4.19. The summed E-state index contributed by atoms with van der Waals surface area (Å²) >= 11 is 0. The van der Waals surface area contributed by atoms with Crippen molar-refractivity contribution < 1.29 is 4.79 Å². The fraction of sp³-hybridized carbons (Fsp3) is 0.860. The molecule has 3 heteroatoms. The fourth-order valence-electron chi connectivity index (χ4n) is 8.72. The topological polar surface area (TPSA) is 23.6 Å². The lowest BCUT2D eigenvalue weighted by molar-refractivity contribution is -0.121. The highest BCUT2D eigenvalue weighted by molar-refractivity contribution is 5.99. The minimum atomic E-state index is 0.0585. The molecule has 1 atom stereocenters. The van der Waals surface area contributed by atoms with Crippen LogP contribution in [0.1, 0.15) is 251 Å². The molecule has 1 saturated heterocycles. The first-order valence-electron chi connectivity index (χ1n) is 24.3. The molecule has 1 aromatic carbocycles. The number of carbonyl (C=O) groups excluding carboxylic acids is 1. The number of amides is 1. The predicted octanol–water partition coefficient (Wildman–Crippen LogP) is 16.2. The van der Waals surface area contributed by atoms with Crippen LogP contribution in [0.5, 0.6) is 0 Å². The Morgan fingerprint density at radius 3 is 1.04 bits per heavy atom. The van der Waals surface area contributed by atoms with E-state index < -0.39 is 0 Å². The van der Waals surface area contributed by atoms with Crippen LogP contribution in [0.2, 0.25) is 0 Å². The van der Waals surface area contributed by atoms with Gasteiger partial charge in [-0.1, -0.05) is 256 Å². The van der Waals surface area contributed by atoms with Crippen molar-refractivity contribution in [2.24, 2.45) is 0 Å². The summed E-state index contributed by atoms with van der Waals surface area (Å²) in [4.78, 5) is 17.2. The Kier molecular flexibility index (Phi) is 32.7. The minimum absolute atomic E-state index is 0.0585. The number of likely N-dealkylation sites (N-methyl/N-ethyl adjacent to an activating group) is 1. The molecule has 308 valence electrons. The normalized spacial score (nSPS) is 14.7. The van der Waals surface area contributed by atoms with Gasteiger partial charge in [-0.05, 0) is 38.6 Å². The van der Waals surface area contributed by atoms with Gasteiger partial charge in [0.15, 0.2) is 0 Å². The van der Waals surface area contributed by atoms with Gasteiger partial charge in [0.05, 0.1) is 6.04 Å². The molecule has 1 unspecified atom stereocenters. The fourth-order valence-corrected chi connectivity index (χ4v) is 8.72. The SMILES string of the molecule is CCCCCCCCCCCCCCCCCCCCCCCCCCCCCCCCCCCCCCCN(C)C1CCN(c2ccccc2)C1=O. The molecule has 0 spiro atoms. The van der Waals surface area contributed by atoms with E-state index in [1.54, 1.807) is 0 Å². The summed E-state index contributed by atoms with van der Waals surface area (Å²) in [6.07, 6.45) is 54.6. The molecule has 1 heterocycles. The van der Waals surface area contributed by atoms with Crippen LogP contribution in [0.25, 0.3) is 0 Å². The average Bonchev–Trinajstić information content (AvgIpc) is 3.57. The molecule has 1 aliphatic heterocycles. The Morgan fingerprint density at radius 1 is 0.453 bits per heavy atom. The second-order valence-electron chi connectivity index (χ2n) is 17.3. The summed E-state index contributed by atoms with van der Waals surface area (Å²) in [6, 6.07) is 10.2. The Bertz CT molecular complexity index is 902. The smallest absolute Gasteiger partial charge is 0.244 e. The van der Waals surface area contributed by atoms with Crippen LogP contribution in [0.3, 0.4) is 0 Å². The van der Waals surface area contributed by atoms with E-state index in [4.69, 9.17) is 0 Å². The Balaban J connectivity index is 1.18. The molecule has 0 aromatic heterocycles. The van der Waals surface area contributed by atoms with E-state index in [0.29, 0.717) is 0 Å². The van der Waals surface area contributed by atoms with Gasteiger partial charge >= 0.3 is 0 Å². The molecule has 0 saturated carbocycles. The van der Waals surface area contributed by atoms with Crippen LogP contribution in [-0.4, -0.2) is 37.0 Å². The van der Waals surface area contributed by atoms with Crippen molar-refractivity contribution in [3.05, 3.63) is 30.3 Å². The predicted molar refractivity (Wildman–Crippen MR) is 236 cm³/mol. The molecule has 3 nitrogen and oxygen atoms in total. The second-order valence-corrected chi connectivity index (χ2v) is 17.3. The van der Waals surface area contributed by atoms with Gasteiger partial charge in [-0.15, -0.1) is 0 Å². The van der Waals surface area contributed by atoms with E-state index in [1.807, 2.05) is 35.2 Å². The number of benzene rings is 1. The number of anilines is 1. The quantitative estimate of drug-likeness (QED) is 0.0626. The lowest BCUT2D eigenvalue weighted by Crippen LogP contribution is -2.40. The maximum Gasteiger partial charge on any atom is 0.244 e. The molecular formula is C50H92N2O. The third-order valence-electron chi connectivity index (χ3n) is 12.4. The molecule has 0 aliphatic carbocycles. The minimum Gasteiger partial charge on any atom is -0.311 e. The summed E-state index contributed by atoms with van der Waals surface area (Å²) in [5, 5.41) is 0. The van der Waals surface area contributed by atoms with Crippen molar-refractivity contribution >= 4 is 11.6 Å². The van der Waals surface area contributed by atoms with E-state index >= 15 is 0 Å². The van der Waals surface area contributed by atoms with Crippen LogP contribution >= 0.6 is 0 Å². The van der Waals surface area contributed by atoms with Gasteiger partial charge in [0.25, 0.3) is 0 Å². The molecule has 0 bridgehead atoms. The number of hydrogen-bond acceptors (Lipinski definition) is 2. The van der Waals surface area contributed by atoms with E-state index in [9.17, 15) is 4.79 Å². The van der Waals surface area contributed by atoms with Gasteiger partial charge in [-0.3, -0.25) is 9.69 Å². The summed E-state index contributed by atoms with van der Waals surface area (Å²) in [5.41, 5.74) is 1.04. The highest BCUT2D eigenvalue weighted by Gasteiger charge is 2.34. The Morgan fingerprint density at radius 2 is 0.736 bits per heavy atom. The first-order chi connectivity index (χ1) is 26.2. The summed E-state index contributed by atoms with van der Waals surface area (Å²) in [7, 11) is 2.14. The number of rotatable bonds is 40. The van der Waals surface area contributed by atoms with Crippen molar-refractivity contribution in [3.63, 3.8) is 0 Å². The maximum absolute atomic E-state index is 12.9. The lowest BCUT2D eigenvalue weighted by Gasteiger charge is -2.23. The van der Waals surface area contributed by atoms with E-state index in [2.05, 4.69) is 18.9 Å². The summed E-state index contributed by atoms with van der Waals surface area (Å²) in [5.74, 6) is 0.278. The average molecular weight is 737 g/mol. The van der Waals surface area contributed by atoms with Crippen LogP contribution < -0.4 is 4.90 Å². The first-order valence-corrected chi connectivity index (χ1v) is 24.3. The van der Waals surface area contributed by atoms with Crippen molar-refractivity contribution in [1.82, 2.24) is 4.90 Å². The zero-order valence-electron chi connectivity index (χ0n) is 36.1. The molecule has 53 heavy (non-hydrogen) atoms. The molecular weight excluding hydrogens is 645 g/mol. The Labute approximate surface area is 332 Å². The largest absolute Gasteiger partial charge is 0.311 e. The molecule has 1 aliphatic rings. The summed E-state index contributed by atoms with van der Waals surface area (Å²) < 4.78 is 0. The molecule has 0 N–H and O–H groups in total. The van der Waals surface area contributed by atoms with E-state index in [-0.39, 0.29) is 11.9 Å². The van der Waals surface area contributed by atoms with Gasteiger partial charge in [0, 0.05) is 12.2 Å². The van der Waals surface area contributed by atoms with Crippen molar-refractivity contribution in [2.45, 2.75) is 257 Å². The van der Waals surface area contributed by atoms with Gasteiger partial charge in [0.1, 0.15) is 0 Å². The zero-order valence-corrected chi connectivity index (χ0v) is 36.1. The van der Waals surface area contributed by atoms with E-state index in [1.165, 1.54) is 238 Å². The maximum atomic E-state index is 12.9.